The van der Waals surface area contributed by atoms with Gasteiger partial charge in [-0.2, -0.15) is 0 Å². The Morgan fingerprint density at radius 3 is 2.45 bits per heavy atom. The van der Waals surface area contributed by atoms with Gasteiger partial charge in [0.1, 0.15) is 5.75 Å². The lowest BCUT2D eigenvalue weighted by Gasteiger charge is -2.35. The van der Waals surface area contributed by atoms with Crippen molar-refractivity contribution in [2.45, 2.75) is 45.4 Å². The summed E-state index contributed by atoms with van der Waals surface area (Å²) in [6.07, 6.45) is 1.12. The van der Waals surface area contributed by atoms with Crippen molar-refractivity contribution in [1.29, 1.82) is 0 Å². The lowest BCUT2D eigenvalue weighted by Crippen LogP contribution is -2.48. The number of morpholine rings is 1. The normalized spacial score (nSPS) is 18.5. The van der Waals surface area contributed by atoms with Crippen molar-refractivity contribution in [3.05, 3.63) is 64.1 Å². The first kappa shape index (κ1) is 23.3. The lowest BCUT2D eigenvalue weighted by atomic mass is 10.1. The zero-order valence-electron chi connectivity index (χ0n) is 18.0. The van der Waals surface area contributed by atoms with Gasteiger partial charge in [-0.3, -0.25) is 9.59 Å². The number of para-hydroxylation sites is 1. The van der Waals surface area contributed by atoms with E-state index >= 15 is 0 Å². The molecule has 0 aliphatic carbocycles. The Kier molecular flexibility index (Phi) is 8.49. The van der Waals surface area contributed by atoms with Crippen LogP contribution < -0.4 is 10.1 Å². The quantitative estimate of drug-likeness (QED) is 0.566. The number of nitrogens with one attached hydrogen (secondary N) is 1. The second-order valence-electron chi connectivity index (χ2n) is 7.82. The van der Waals surface area contributed by atoms with Crippen LogP contribution in [0.3, 0.4) is 0 Å². The lowest BCUT2D eigenvalue weighted by molar-refractivity contribution is -0.121. The van der Waals surface area contributed by atoms with Gasteiger partial charge in [0.05, 0.1) is 23.3 Å². The first-order valence-corrected chi connectivity index (χ1v) is 11.4. The second-order valence-corrected chi connectivity index (χ2v) is 8.68. The van der Waals surface area contributed by atoms with Gasteiger partial charge in [-0.1, -0.05) is 24.3 Å². The van der Waals surface area contributed by atoms with Crippen molar-refractivity contribution >= 4 is 27.7 Å². The highest BCUT2D eigenvalue weighted by Crippen LogP contribution is 2.23. The molecule has 1 heterocycles. The Balaban J connectivity index is 1.39. The van der Waals surface area contributed by atoms with Crippen LogP contribution in [0.2, 0.25) is 0 Å². The van der Waals surface area contributed by atoms with E-state index in [1.807, 2.05) is 67.3 Å². The highest BCUT2D eigenvalue weighted by atomic mass is 79.9. The number of amides is 2. The maximum Gasteiger partial charge on any atom is 0.254 e. The van der Waals surface area contributed by atoms with Crippen molar-refractivity contribution in [1.82, 2.24) is 10.2 Å². The molecule has 0 spiro atoms. The van der Waals surface area contributed by atoms with Gasteiger partial charge in [0.25, 0.3) is 5.91 Å². The predicted octanol–water partition coefficient (Wildman–Crippen LogP) is 4.17. The molecule has 6 nitrogen and oxygen atoms in total. The summed E-state index contributed by atoms with van der Waals surface area (Å²) in [6.45, 7) is 6.08. The zero-order valence-corrected chi connectivity index (χ0v) is 19.6. The molecule has 3 rings (SSSR count). The van der Waals surface area contributed by atoms with Crippen LogP contribution in [0.5, 0.6) is 5.75 Å². The highest BCUT2D eigenvalue weighted by Gasteiger charge is 2.26. The number of hydrogen-bond acceptors (Lipinski definition) is 4. The maximum atomic E-state index is 12.7. The fourth-order valence-electron chi connectivity index (χ4n) is 3.56. The Morgan fingerprint density at radius 2 is 1.77 bits per heavy atom. The summed E-state index contributed by atoms with van der Waals surface area (Å²) in [5.41, 5.74) is 1.61. The van der Waals surface area contributed by atoms with Gasteiger partial charge in [-0.15, -0.1) is 0 Å². The molecule has 2 unspecified atom stereocenters. The summed E-state index contributed by atoms with van der Waals surface area (Å²) in [5.74, 6) is 0.772. The van der Waals surface area contributed by atoms with Crippen molar-refractivity contribution in [2.24, 2.45) is 0 Å². The van der Waals surface area contributed by atoms with E-state index in [9.17, 15) is 9.59 Å². The molecular weight excluding hydrogens is 460 g/mol. The van der Waals surface area contributed by atoms with E-state index in [2.05, 4.69) is 21.2 Å². The minimum absolute atomic E-state index is 0.0163. The minimum atomic E-state index is -0.0211. The first-order chi connectivity index (χ1) is 14.9. The third-order valence-electron chi connectivity index (χ3n) is 5.04. The number of nitrogens with zero attached hydrogens (tertiary/aromatic N) is 1. The van der Waals surface area contributed by atoms with Gasteiger partial charge < -0.3 is 19.7 Å². The fraction of sp³-hybridized carbons (Fsp3) is 0.417. The Bertz CT molecular complexity index is 877. The van der Waals surface area contributed by atoms with Crippen LogP contribution in [0.15, 0.2) is 53.0 Å². The molecular formula is C24H29BrN2O4. The van der Waals surface area contributed by atoms with Gasteiger partial charge in [0, 0.05) is 31.6 Å². The molecule has 7 heteroatoms. The Labute approximate surface area is 192 Å². The van der Waals surface area contributed by atoms with Crippen LogP contribution in [0.4, 0.5) is 0 Å². The van der Waals surface area contributed by atoms with Crippen LogP contribution >= 0.6 is 15.9 Å². The number of ether oxygens (including phenoxy) is 2. The highest BCUT2D eigenvalue weighted by molar-refractivity contribution is 9.10. The van der Waals surface area contributed by atoms with Crippen LogP contribution in [0.25, 0.3) is 0 Å². The topological polar surface area (TPSA) is 67.9 Å². The number of benzene rings is 2. The molecule has 1 aliphatic rings. The van der Waals surface area contributed by atoms with Gasteiger partial charge in [0.15, 0.2) is 0 Å². The number of rotatable bonds is 8. The SMILES string of the molecule is CC1CN(C(=O)c2ccc(CNC(=O)CCCOc3ccccc3Br)cc2)CC(C)O1. The van der Waals surface area contributed by atoms with Crippen LogP contribution in [-0.2, 0) is 16.1 Å². The van der Waals surface area contributed by atoms with Crippen LogP contribution in [-0.4, -0.2) is 48.6 Å². The summed E-state index contributed by atoms with van der Waals surface area (Å²) in [6, 6.07) is 15.1. The number of hydrogen-bond donors (Lipinski definition) is 1. The van der Waals surface area contributed by atoms with E-state index in [-0.39, 0.29) is 24.0 Å². The molecule has 1 fully saturated rings. The molecule has 31 heavy (non-hydrogen) atoms. The number of carbonyl (C=O) groups excluding carboxylic acids is 2. The molecule has 2 aromatic rings. The van der Waals surface area contributed by atoms with E-state index in [1.54, 1.807) is 0 Å². The molecule has 1 N–H and O–H groups in total. The van der Waals surface area contributed by atoms with Crippen LogP contribution in [0, 0.1) is 0 Å². The monoisotopic (exact) mass is 488 g/mol. The summed E-state index contributed by atoms with van der Waals surface area (Å²) in [7, 11) is 0. The third kappa shape index (κ3) is 7.08. The largest absolute Gasteiger partial charge is 0.492 e. The Morgan fingerprint density at radius 1 is 1.10 bits per heavy atom. The first-order valence-electron chi connectivity index (χ1n) is 10.6. The molecule has 0 saturated carbocycles. The van der Waals surface area contributed by atoms with E-state index < -0.39 is 0 Å². The zero-order chi connectivity index (χ0) is 22.2. The van der Waals surface area contributed by atoms with Gasteiger partial charge in [-0.05, 0) is 66.0 Å². The van der Waals surface area contributed by atoms with E-state index in [4.69, 9.17) is 9.47 Å². The average molecular weight is 489 g/mol. The molecule has 2 aromatic carbocycles. The minimum Gasteiger partial charge on any atom is -0.492 e. The van der Waals surface area contributed by atoms with Gasteiger partial charge in [-0.25, -0.2) is 0 Å². The number of halogens is 1. The summed E-state index contributed by atoms with van der Waals surface area (Å²) in [4.78, 5) is 26.7. The second kappa shape index (κ2) is 11.3. The van der Waals surface area contributed by atoms with Gasteiger partial charge in [0.2, 0.25) is 5.91 Å². The number of carbonyl (C=O) groups is 2. The molecule has 1 aliphatic heterocycles. The fourth-order valence-corrected chi connectivity index (χ4v) is 3.96. The average Bonchev–Trinajstić information content (AvgIpc) is 2.75. The van der Waals surface area contributed by atoms with E-state index in [0.29, 0.717) is 44.6 Å². The molecule has 2 atom stereocenters. The van der Waals surface area contributed by atoms with Crippen molar-refractivity contribution in [3.63, 3.8) is 0 Å². The van der Waals surface area contributed by atoms with Crippen LogP contribution in [0.1, 0.15) is 42.6 Å². The summed E-state index contributed by atoms with van der Waals surface area (Å²) in [5, 5.41) is 2.92. The van der Waals surface area contributed by atoms with Gasteiger partial charge >= 0.3 is 0 Å². The van der Waals surface area contributed by atoms with E-state index in [0.717, 1.165) is 15.8 Å². The van der Waals surface area contributed by atoms with Crippen molar-refractivity contribution in [2.75, 3.05) is 19.7 Å². The summed E-state index contributed by atoms with van der Waals surface area (Å²) < 4.78 is 12.3. The molecule has 1 saturated heterocycles. The maximum absolute atomic E-state index is 12.7. The molecule has 0 radical (unpaired) electrons. The molecule has 2 amide bonds. The van der Waals surface area contributed by atoms with Crippen molar-refractivity contribution in [3.8, 4) is 5.75 Å². The molecule has 0 bridgehead atoms. The molecule has 166 valence electrons. The predicted molar refractivity (Wildman–Crippen MR) is 123 cm³/mol. The smallest absolute Gasteiger partial charge is 0.254 e. The van der Waals surface area contributed by atoms with Crippen molar-refractivity contribution < 1.29 is 19.1 Å². The third-order valence-corrected chi connectivity index (χ3v) is 5.69. The standard InChI is InChI=1S/C24H29BrN2O4/c1-17-15-27(16-18(2)31-17)24(29)20-11-9-19(10-12-20)14-26-23(28)8-5-13-30-22-7-4-3-6-21(22)25/h3-4,6-7,9-12,17-18H,5,8,13-16H2,1-2H3,(H,26,28). The van der Waals surface area contributed by atoms with E-state index in [1.165, 1.54) is 0 Å². The summed E-state index contributed by atoms with van der Waals surface area (Å²) >= 11 is 3.44. The Hall–Kier alpha value is -2.38. The molecule has 0 aromatic heterocycles.